The summed E-state index contributed by atoms with van der Waals surface area (Å²) in [6.07, 6.45) is 2.38. The van der Waals surface area contributed by atoms with Crippen LogP contribution in [-0.2, 0) is 11.3 Å². The molecule has 1 atom stereocenters. The van der Waals surface area contributed by atoms with Gasteiger partial charge in [-0.2, -0.15) is 0 Å². The zero-order valence-corrected chi connectivity index (χ0v) is 11.0. The van der Waals surface area contributed by atoms with E-state index in [-0.39, 0.29) is 17.5 Å². The molecule has 0 amide bonds. The molecule has 3 N–H and O–H groups in total. The molecule has 7 heteroatoms. The van der Waals surface area contributed by atoms with Crippen molar-refractivity contribution in [2.75, 3.05) is 12.5 Å². The van der Waals surface area contributed by atoms with Crippen LogP contribution in [0.25, 0.3) is 11.2 Å². The van der Waals surface area contributed by atoms with Crippen LogP contribution in [0.15, 0.2) is 23.1 Å². The second-order valence-corrected chi connectivity index (χ2v) is 4.13. The Morgan fingerprint density at radius 1 is 1.58 bits per heavy atom. The summed E-state index contributed by atoms with van der Waals surface area (Å²) in [5.41, 5.74) is 3.17. The first-order valence-corrected chi connectivity index (χ1v) is 6.06. The number of methoxy groups -OCH3 is 1. The molecule has 0 bridgehead atoms. The van der Waals surface area contributed by atoms with Gasteiger partial charge in [0.25, 0.3) is 5.56 Å². The summed E-state index contributed by atoms with van der Waals surface area (Å²) in [7, 11) is 1.63. The molecular formula is C12H17N5O2. The molecule has 2 aromatic heterocycles. The third-order valence-electron chi connectivity index (χ3n) is 3.03. The highest BCUT2D eigenvalue weighted by molar-refractivity contribution is 5.71. The fourth-order valence-corrected chi connectivity index (χ4v) is 1.93. The molecule has 2 heterocycles. The molecule has 2 rings (SSSR count). The molecule has 0 saturated heterocycles. The summed E-state index contributed by atoms with van der Waals surface area (Å²) < 4.78 is 6.91. The van der Waals surface area contributed by atoms with Gasteiger partial charge in [0.15, 0.2) is 5.65 Å². The predicted molar refractivity (Wildman–Crippen MR) is 72.7 cm³/mol. The van der Waals surface area contributed by atoms with Gasteiger partial charge in [-0.05, 0) is 18.6 Å². The minimum Gasteiger partial charge on any atom is -0.380 e. The Hall–Kier alpha value is -1.99. The molecule has 1 unspecified atom stereocenters. The number of nitrogens with one attached hydrogen (secondary N) is 1. The van der Waals surface area contributed by atoms with Crippen LogP contribution in [0.3, 0.4) is 0 Å². The van der Waals surface area contributed by atoms with Crippen LogP contribution in [0, 0.1) is 0 Å². The van der Waals surface area contributed by atoms with Gasteiger partial charge in [0, 0.05) is 13.3 Å². The number of anilines is 1. The second kappa shape index (κ2) is 5.77. The first-order chi connectivity index (χ1) is 9.21. The van der Waals surface area contributed by atoms with Crippen molar-refractivity contribution in [2.45, 2.75) is 26.0 Å². The SMILES string of the molecule is CCC(Cn1c(=O)c(NN)nc2ncccc21)OC. The highest BCUT2D eigenvalue weighted by Gasteiger charge is 2.14. The summed E-state index contributed by atoms with van der Waals surface area (Å²) in [6, 6.07) is 3.57. The molecule has 0 saturated carbocycles. The van der Waals surface area contributed by atoms with Gasteiger partial charge >= 0.3 is 0 Å². The van der Waals surface area contributed by atoms with E-state index in [2.05, 4.69) is 15.4 Å². The lowest BCUT2D eigenvalue weighted by atomic mass is 10.2. The number of ether oxygens (including phenoxy) is 1. The molecule has 0 aliphatic rings. The Balaban J connectivity index is 2.62. The number of aromatic nitrogens is 3. The van der Waals surface area contributed by atoms with Crippen molar-refractivity contribution in [3.05, 3.63) is 28.7 Å². The van der Waals surface area contributed by atoms with Crippen LogP contribution in [0.1, 0.15) is 13.3 Å². The predicted octanol–water partition coefficient (Wildman–Crippen LogP) is 0.502. The van der Waals surface area contributed by atoms with Gasteiger partial charge in [0.1, 0.15) is 0 Å². The van der Waals surface area contributed by atoms with Gasteiger partial charge in [0.05, 0.1) is 18.2 Å². The van der Waals surface area contributed by atoms with Crippen molar-refractivity contribution in [1.82, 2.24) is 14.5 Å². The number of pyridine rings is 1. The summed E-state index contributed by atoms with van der Waals surface area (Å²) in [5.74, 6) is 5.40. The van der Waals surface area contributed by atoms with E-state index < -0.39 is 0 Å². The zero-order chi connectivity index (χ0) is 13.8. The van der Waals surface area contributed by atoms with Crippen LogP contribution in [-0.4, -0.2) is 27.7 Å². The number of fused-ring (bicyclic) bond motifs is 1. The average Bonchev–Trinajstić information content (AvgIpc) is 2.46. The summed E-state index contributed by atoms with van der Waals surface area (Å²) in [5, 5.41) is 0. The van der Waals surface area contributed by atoms with E-state index in [0.29, 0.717) is 17.7 Å². The van der Waals surface area contributed by atoms with Crippen LogP contribution in [0.2, 0.25) is 0 Å². The standard InChI is InChI=1S/C12H17N5O2/c1-3-8(19-2)7-17-9-5-4-6-14-10(9)15-11(16-13)12(17)18/h4-6,8H,3,7,13H2,1-2H3,(H,14,15,16). The summed E-state index contributed by atoms with van der Waals surface area (Å²) >= 11 is 0. The third-order valence-corrected chi connectivity index (χ3v) is 3.03. The lowest BCUT2D eigenvalue weighted by molar-refractivity contribution is 0.0849. The van der Waals surface area contributed by atoms with Crippen molar-refractivity contribution in [3.63, 3.8) is 0 Å². The smallest absolute Gasteiger partial charge is 0.295 e. The minimum atomic E-state index is -0.279. The lowest BCUT2D eigenvalue weighted by Crippen LogP contribution is -2.31. The lowest BCUT2D eigenvalue weighted by Gasteiger charge is -2.17. The molecule has 19 heavy (non-hydrogen) atoms. The van der Waals surface area contributed by atoms with Gasteiger partial charge in [0.2, 0.25) is 5.82 Å². The number of hydrogen-bond donors (Lipinski definition) is 2. The molecule has 0 aliphatic heterocycles. The van der Waals surface area contributed by atoms with E-state index in [1.165, 1.54) is 0 Å². The van der Waals surface area contributed by atoms with E-state index in [4.69, 9.17) is 10.6 Å². The Kier molecular flexibility index (Phi) is 4.08. The maximum atomic E-state index is 12.3. The first kappa shape index (κ1) is 13.4. The van der Waals surface area contributed by atoms with Crippen LogP contribution in [0.4, 0.5) is 5.82 Å². The first-order valence-electron chi connectivity index (χ1n) is 6.06. The van der Waals surface area contributed by atoms with E-state index in [1.54, 1.807) is 30.0 Å². The number of hydrogen-bond acceptors (Lipinski definition) is 6. The topological polar surface area (TPSA) is 95.1 Å². The summed E-state index contributed by atoms with van der Waals surface area (Å²) in [6.45, 7) is 2.44. The fourth-order valence-electron chi connectivity index (χ4n) is 1.93. The van der Waals surface area contributed by atoms with Crippen LogP contribution in [0.5, 0.6) is 0 Å². The average molecular weight is 263 g/mol. The molecule has 102 valence electrons. The molecular weight excluding hydrogens is 246 g/mol. The maximum Gasteiger partial charge on any atom is 0.295 e. The molecule has 2 aromatic rings. The van der Waals surface area contributed by atoms with Crippen molar-refractivity contribution in [2.24, 2.45) is 5.84 Å². The molecule has 0 radical (unpaired) electrons. The fraction of sp³-hybridized carbons (Fsp3) is 0.417. The highest BCUT2D eigenvalue weighted by Crippen LogP contribution is 2.11. The van der Waals surface area contributed by atoms with Crippen molar-refractivity contribution in [1.29, 1.82) is 0 Å². The number of nitrogens with two attached hydrogens (primary N) is 1. The van der Waals surface area contributed by atoms with Crippen molar-refractivity contribution in [3.8, 4) is 0 Å². The molecule has 7 nitrogen and oxygen atoms in total. The molecule has 0 spiro atoms. The van der Waals surface area contributed by atoms with Crippen LogP contribution < -0.4 is 16.8 Å². The van der Waals surface area contributed by atoms with Gasteiger partial charge < -0.3 is 10.2 Å². The van der Waals surface area contributed by atoms with E-state index in [0.717, 1.165) is 6.42 Å². The Bertz CT molecular complexity index is 621. The van der Waals surface area contributed by atoms with Gasteiger partial charge in [-0.1, -0.05) is 6.92 Å². The molecule has 0 fully saturated rings. The number of rotatable bonds is 5. The van der Waals surface area contributed by atoms with E-state index in [9.17, 15) is 4.79 Å². The Labute approximate surface area is 110 Å². The van der Waals surface area contributed by atoms with Crippen LogP contribution >= 0.6 is 0 Å². The highest BCUT2D eigenvalue weighted by atomic mass is 16.5. The quantitative estimate of drug-likeness (QED) is 0.602. The Morgan fingerprint density at radius 3 is 3.00 bits per heavy atom. The van der Waals surface area contributed by atoms with Gasteiger partial charge in [-0.3, -0.25) is 9.36 Å². The van der Waals surface area contributed by atoms with Crippen molar-refractivity contribution < 1.29 is 4.74 Å². The normalized spacial score (nSPS) is 12.6. The summed E-state index contributed by atoms with van der Waals surface area (Å²) in [4.78, 5) is 20.5. The maximum absolute atomic E-state index is 12.3. The largest absolute Gasteiger partial charge is 0.380 e. The number of hydrazine groups is 1. The Morgan fingerprint density at radius 2 is 2.37 bits per heavy atom. The van der Waals surface area contributed by atoms with Gasteiger partial charge in [-0.25, -0.2) is 15.8 Å². The minimum absolute atomic E-state index is 0.0471. The second-order valence-electron chi connectivity index (χ2n) is 4.13. The molecule has 0 aliphatic carbocycles. The third kappa shape index (κ3) is 2.56. The molecule has 0 aromatic carbocycles. The number of nitrogens with zero attached hydrogens (tertiary/aromatic N) is 3. The van der Waals surface area contributed by atoms with Crippen molar-refractivity contribution >= 4 is 17.0 Å². The van der Waals surface area contributed by atoms with E-state index in [1.807, 2.05) is 6.92 Å². The zero-order valence-electron chi connectivity index (χ0n) is 11.0. The van der Waals surface area contributed by atoms with Gasteiger partial charge in [-0.15, -0.1) is 0 Å². The monoisotopic (exact) mass is 263 g/mol. The van der Waals surface area contributed by atoms with E-state index >= 15 is 0 Å². The number of nitrogen functional groups attached to an aromatic ring is 1.